The molecule has 3 rings (SSSR count). The van der Waals surface area contributed by atoms with Crippen LogP contribution < -0.4 is 0 Å². The number of carboxylic acid groups (broad SMARTS) is 1. The van der Waals surface area contributed by atoms with Crippen molar-refractivity contribution in [3.8, 4) is 27.3 Å². The van der Waals surface area contributed by atoms with Gasteiger partial charge in [0, 0.05) is 0 Å². The zero-order valence-electron chi connectivity index (χ0n) is 13.2. The second-order valence-electron chi connectivity index (χ2n) is 4.89. The minimum absolute atomic E-state index is 0.232. The van der Waals surface area contributed by atoms with Gasteiger partial charge in [-0.1, -0.05) is 0 Å². The fourth-order valence-corrected chi connectivity index (χ4v) is 4.14. The molecule has 0 saturated carbocycles. The van der Waals surface area contributed by atoms with E-state index in [0.29, 0.717) is 31.4 Å². The van der Waals surface area contributed by atoms with Gasteiger partial charge in [0.1, 0.15) is 0 Å². The van der Waals surface area contributed by atoms with Crippen LogP contribution in [0.2, 0.25) is 0 Å². The first kappa shape index (κ1) is 14.0. The van der Waals surface area contributed by atoms with Gasteiger partial charge in [-0.3, -0.25) is 0 Å². The van der Waals surface area contributed by atoms with Crippen molar-refractivity contribution in [2.24, 2.45) is 0 Å². The fraction of sp³-hybridized carbons (Fsp3) is 0.0556. The summed E-state index contributed by atoms with van der Waals surface area (Å²) >= 11 is -0.427. The monoisotopic (exact) mass is 369 g/mol. The number of nitriles is 1. The standard InChI is InChI=1S/C18H12N2O2Se/c1-11-16(18(21)22)23-17(20-11)13-7-8-15(14(9-13)10-19)12-5-3-2-4-6-12/h2-9H,1H3,(H,21,22)/i8D. The van der Waals surface area contributed by atoms with Crippen LogP contribution in [0.5, 0.6) is 0 Å². The average Bonchev–Trinajstić information content (AvgIpc) is 2.97. The number of carboxylic acids is 1. The van der Waals surface area contributed by atoms with Gasteiger partial charge >= 0.3 is 140 Å². The number of hydrogen-bond donors (Lipinski definition) is 1. The predicted molar refractivity (Wildman–Crippen MR) is 88.5 cm³/mol. The van der Waals surface area contributed by atoms with E-state index >= 15 is 0 Å². The van der Waals surface area contributed by atoms with Gasteiger partial charge in [0.05, 0.1) is 0 Å². The Morgan fingerprint density at radius 1 is 1.30 bits per heavy atom. The van der Waals surface area contributed by atoms with E-state index in [0.717, 1.165) is 5.56 Å². The third-order valence-electron chi connectivity index (χ3n) is 3.36. The van der Waals surface area contributed by atoms with Gasteiger partial charge in [-0.25, -0.2) is 0 Å². The fourth-order valence-electron chi connectivity index (χ4n) is 2.27. The molecule has 0 atom stereocenters. The van der Waals surface area contributed by atoms with Crippen LogP contribution in [0.4, 0.5) is 0 Å². The van der Waals surface area contributed by atoms with Crippen LogP contribution in [-0.2, 0) is 0 Å². The van der Waals surface area contributed by atoms with Gasteiger partial charge in [0.25, 0.3) is 0 Å². The summed E-state index contributed by atoms with van der Waals surface area (Å²) in [6, 6.07) is 15.0. The summed E-state index contributed by atoms with van der Waals surface area (Å²) in [5.74, 6) is -0.959. The van der Waals surface area contributed by atoms with Crippen molar-refractivity contribution in [2.45, 2.75) is 6.92 Å². The first-order valence-corrected chi connectivity index (χ1v) is 8.54. The molecule has 1 N–H and O–H groups in total. The number of nitrogens with zero attached hydrogens (tertiary/aromatic N) is 2. The van der Waals surface area contributed by atoms with E-state index in [4.69, 9.17) is 1.37 Å². The van der Waals surface area contributed by atoms with E-state index < -0.39 is 20.5 Å². The molecule has 23 heavy (non-hydrogen) atoms. The van der Waals surface area contributed by atoms with Gasteiger partial charge in [0.2, 0.25) is 0 Å². The zero-order valence-corrected chi connectivity index (χ0v) is 13.9. The van der Waals surface area contributed by atoms with E-state index in [1.54, 1.807) is 19.1 Å². The first-order valence-electron chi connectivity index (χ1n) is 7.32. The van der Waals surface area contributed by atoms with Crippen LogP contribution in [-0.4, -0.2) is 30.6 Å². The Morgan fingerprint density at radius 2 is 2.04 bits per heavy atom. The van der Waals surface area contributed by atoms with E-state index in [9.17, 15) is 15.2 Å². The van der Waals surface area contributed by atoms with Crippen molar-refractivity contribution in [3.63, 3.8) is 0 Å². The van der Waals surface area contributed by atoms with Gasteiger partial charge < -0.3 is 0 Å². The molecule has 0 radical (unpaired) electrons. The van der Waals surface area contributed by atoms with Crippen molar-refractivity contribution in [3.05, 3.63) is 64.2 Å². The van der Waals surface area contributed by atoms with Gasteiger partial charge in [0.15, 0.2) is 0 Å². The quantitative estimate of drug-likeness (QED) is 0.720. The van der Waals surface area contributed by atoms with Crippen molar-refractivity contribution < 1.29 is 11.3 Å². The molecule has 0 aliphatic rings. The van der Waals surface area contributed by atoms with Crippen LogP contribution in [0.1, 0.15) is 21.9 Å². The number of aromatic carboxylic acids is 1. The number of carbonyl (C=O) groups is 1. The average molecular weight is 368 g/mol. The third kappa shape index (κ3) is 2.95. The number of aryl methyl sites for hydroxylation is 1. The zero-order chi connectivity index (χ0) is 17.3. The molecule has 0 spiro atoms. The number of hydrogen-bond acceptors (Lipinski definition) is 3. The summed E-state index contributed by atoms with van der Waals surface area (Å²) in [7, 11) is 0. The molecule has 1 heterocycles. The molecule has 0 saturated heterocycles. The number of benzene rings is 2. The Kier molecular flexibility index (Phi) is 3.77. The summed E-state index contributed by atoms with van der Waals surface area (Å²) in [4.78, 5) is 15.5. The topological polar surface area (TPSA) is 74.0 Å². The Balaban J connectivity index is 2.16. The second kappa shape index (κ2) is 6.21. The molecule has 0 aliphatic heterocycles. The molecule has 5 heteroatoms. The molecule has 0 fully saturated rings. The molecular weight excluding hydrogens is 355 g/mol. The SMILES string of the molecule is [2H]c1cc(-c2nc(C)c(C(=O)O)[se]2)cc(C#N)c1-c1ccccc1. The predicted octanol–water partition coefficient (Wildman–Crippen LogP) is 3.35. The van der Waals surface area contributed by atoms with Crippen molar-refractivity contribution in [1.29, 1.82) is 5.26 Å². The minimum atomic E-state index is -0.959. The maximum absolute atomic E-state index is 11.2. The summed E-state index contributed by atoms with van der Waals surface area (Å²) in [6.07, 6.45) is 0. The summed E-state index contributed by atoms with van der Waals surface area (Å²) < 4.78 is 9.27. The first-order chi connectivity index (χ1) is 11.5. The molecule has 0 aliphatic carbocycles. The van der Waals surface area contributed by atoms with Crippen LogP contribution in [0.15, 0.2) is 48.5 Å². The maximum atomic E-state index is 11.2. The van der Waals surface area contributed by atoms with Crippen LogP contribution in [0.3, 0.4) is 0 Å². The van der Waals surface area contributed by atoms with Gasteiger partial charge in [-0.2, -0.15) is 0 Å². The number of rotatable bonds is 3. The molecule has 2 aromatic carbocycles. The Hall–Kier alpha value is -2.67. The van der Waals surface area contributed by atoms with Crippen LogP contribution in [0, 0.1) is 18.3 Å². The molecule has 112 valence electrons. The summed E-state index contributed by atoms with van der Waals surface area (Å²) in [6.45, 7) is 1.67. The normalized spacial score (nSPS) is 10.9. The van der Waals surface area contributed by atoms with E-state index in [1.165, 1.54) is 0 Å². The van der Waals surface area contributed by atoms with Crippen molar-refractivity contribution in [2.75, 3.05) is 0 Å². The Labute approximate surface area is 140 Å². The summed E-state index contributed by atoms with van der Waals surface area (Å²) in [5, 5.41) is 18.7. The van der Waals surface area contributed by atoms with Crippen LogP contribution >= 0.6 is 0 Å². The van der Waals surface area contributed by atoms with Crippen LogP contribution in [0.25, 0.3) is 21.3 Å². The van der Waals surface area contributed by atoms with Gasteiger partial charge in [-0.05, 0) is 0 Å². The molecular formula is C18H12N2O2Se. The molecule has 0 unspecified atom stereocenters. The molecule has 3 aromatic rings. The van der Waals surface area contributed by atoms with Crippen molar-refractivity contribution in [1.82, 2.24) is 4.98 Å². The van der Waals surface area contributed by atoms with Gasteiger partial charge in [-0.15, -0.1) is 0 Å². The molecule has 1 aromatic heterocycles. The van der Waals surface area contributed by atoms with Crippen molar-refractivity contribution >= 4 is 20.5 Å². The van der Waals surface area contributed by atoms with E-state index in [-0.39, 0.29) is 6.04 Å². The second-order valence-corrected chi connectivity index (χ2v) is 6.99. The molecule has 0 bridgehead atoms. The molecule has 4 nitrogen and oxygen atoms in total. The summed E-state index contributed by atoms with van der Waals surface area (Å²) in [5.41, 5.74) is 2.92. The Bertz CT molecular complexity index is 975. The number of aromatic nitrogens is 1. The third-order valence-corrected chi connectivity index (χ3v) is 5.87. The van der Waals surface area contributed by atoms with E-state index in [2.05, 4.69) is 11.1 Å². The van der Waals surface area contributed by atoms with E-state index in [1.807, 2.05) is 30.3 Å². The molecule has 0 amide bonds. The Morgan fingerprint density at radius 3 is 2.65 bits per heavy atom.